The highest BCUT2D eigenvalue weighted by atomic mass is 79.9. The van der Waals surface area contributed by atoms with Crippen LogP contribution in [0.3, 0.4) is 0 Å². The largest absolute Gasteiger partial charge is 0.377 e. The minimum atomic E-state index is -3.64. The topological polar surface area (TPSA) is 81.4 Å². The summed E-state index contributed by atoms with van der Waals surface area (Å²) in [7, 11) is -3.64. The van der Waals surface area contributed by atoms with Crippen molar-refractivity contribution in [1.82, 2.24) is 4.72 Å². The molecule has 1 fully saturated rings. The van der Waals surface area contributed by atoms with Gasteiger partial charge in [0.25, 0.3) is 0 Å². The molecule has 0 saturated heterocycles. The van der Waals surface area contributed by atoms with E-state index in [0.717, 1.165) is 0 Å². The Morgan fingerprint density at radius 3 is 2.75 bits per heavy atom. The average molecular weight is 428 g/mol. The maximum atomic E-state index is 12.4. The molecular formula is C12H16Br2N2O3S. The number of hydrogen-bond acceptors (Lipinski definition) is 4. The highest BCUT2D eigenvalue weighted by Gasteiger charge is 2.42. The second-order valence-corrected chi connectivity index (χ2v) is 8.07. The van der Waals surface area contributed by atoms with Crippen LogP contribution in [0.4, 0.5) is 0 Å². The van der Waals surface area contributed by atoms with E-state index in [1.807, 2.05) is 6.92 Å². The molecule has 2 rings (SSSR count). The zero-order valence-electron chi connectivity index (χ0n) is 10.8. The van der Waals surface area contributed by atoms with Gasteiger partial charge in [-0.05, 0) is 47.5 Å². The van der Waals surface area contributed by atoms with E-state index in [1.165, 1.54) is 0 Å². The van der Waals surface area contributed by atoms with Crippen LogP contribution in [-0.4, -0.2) is 33.2 Å². The molecule has 3 atom stereocenters. The van der Waals surface area contributed by atoms with Gasteiger partial charge in [-0.2, -0.15) is 0 Å². The van der Waals surface area contributed by atoms with E-state index in [0.29, 0.717) is 22.0 Å². The van der Waals surface area contributed by atoms with Crippen molar-refractivity contribution in [1.29, 1.82) is 0 Å². The number of rotatable bonds is 5. The number of ether oxygens (including phenoxy) is 1. The van der Waals surface area contributed by atoms with Crippen molar-refractivity contribution in [2.75, 3.05) is 6.61 Å². The van der Waals surface area contributed by atoms with E-state index in [1.54, 1.807) is 18.2 Å². The van der Waals surface area contributed by atoms with Crippen LogP contribution in [-0.2, 0) is 14.8 Å². The van der Waals surface area contributed by atoms with Crippen LogP contribution in [0.2, 0.25) is 0 Å². The van der Waals surface area contributed by atoms with E-state index < -0.39 is 10.0 Å². The van der Waals surface area contributed by atoms with Crippen molar-refractivity contribution < 1.29 is 13.2 Å². The molecule has 0 amide bonds. The van der Waals surface area contributed by atoms with Crippen LogP contribution in [0.5, 0.6) is 0 Å². The van der Waals surface area contributed by atoms with Gasteiger partial charge in [-0.25, -0.2) is 13.1 Å². The summed E-state index contributed by atoms with van der Waals surface area (Å²) in [5, 5.41) is 0. The zero-order chi connectivity index (χ0) is 14.9. The standard InChI is InChI=1S/C12H16Br2N2O3S/c1-2-19-10-6-9(15)12(10)16-20(17,18)11-5-7(13)3-4-8(11)14/h3-5,9-10,12,16H,2,6,15H2,1H3. The fraction of sp³-hybridized carbons (Fsp3) is 0.500. The smallest absolute Gasteiger partial charge is 0.242 e. The number of halogens is 2. The van der Waals surface area contributed by atoms with Gasteiger partial charge in [-0.1, -0.05) is 15.9 Å². The maximum Gasteiger partial charge on any atom is 0.242 e. The van der Waals surface area contributed by atoms with E-state index >= 15 is 0 Å². The molecule has 1 aromatic carbocycles. The third-order valence-electron chi connectivity index (χ3n) is 3.22. The molecule has 0 spiro atoms. The molecule has 0 radical (unpaired) electrons. The van der Waals surface area contributed by atoms with Gasteiger partial charge in [0.2, 0.25) is 10.0 Å². The van der Waals surface area contributed by atoms with E-state index in [4.69, 9.17) is 10.5 Å². The Bertz CT molecular complexity index is 592. The van der Waals surface area contributed by atoms with Crippen LogP contribution in [0.15, 0.2) is 32.0 Å². The van der Waals surface area contributed by atoms with Crippen molar-refractivity contribution >= 4 is 41.9 Å². The molecule has 0 aromatic heterocycles. The molecule has 5 nitrogen and oxygen atoms in total. The molecule has 1 aliphatic carbocycles. The van der Waals surface area contributed by atoms with Gasteiger partial charge in [0.15, 0.2) is 0 Å². The monoisotopic (exact) mass is 426 g/mol. The third kappa shape index (κ3) is 3.42. The summed E-state index contributed by atoms with van der Waals surface area (Å²) in [5.74, 6) is 0. The summed E-state index contributed by atoms with van der Waals surface area (Å²) in [6.45, 7) is 2.41. The second-order valence-electron chi connectivity index (χ2n) is 4.62. The summed E-state index contributed by atoms with van der Waals surface area (Å²) >= 11 is 6.53. The van der Waals surface area contributed by atoms with Crippen molar-refractivity contribution in [3.05, 3.63) is 27.1 Å². The normalized spacial score (nSPS) is 26.3. The molecule has 1 aliphatic rings. The van der Waals surface area contributed by atoms with Gasteiger partial charge < -0.3 is 10.5 Å². The van der Waals surface area contributed by atoms with Crippen LogP contribution >= 0.6 is 31.9 Å². The lowest BCUT2D eigenvalue weighted by Gasteiger charge is -2.42. The predicted molar refractivity (Wildman–Crippen MR) is 84.0 cm³/mol. The van der Waals surface area contributed by atoms with E-state index in [-0.39, 0.29) is 23.1 Å². The quantitative estimate of drug-likeness (QED) is 0.752. The average Bonchev–Trinajstić information content (AvgIpc) is 2.39. The summed E-state index contributed by atoms with van der Waals surface area (Å²) in [5.41, 5.74) is 5.87. The molecule has 0 aliphatic heterocycles. The Morgan fingerprint density at radius 1 is 1.45 bits per heavy atom. The summed E-state index contributed by atoms with van der Waals surface area (Å²) in [6, 6.07) is 4.39. The first-order valence-electron chi connectivity index (χ1n) is 6.19. The summed E-state index contributed by atoms with van der Waals surface area (Å²) in [6.07, 6.45) is 0.511. The Labute approximate surface area is 135 Å². The Morgan fingerprint density at radius 2 is 2.15 bits per heavy atom. The molecular weight excluding hydrogens is 412 g/mol. The van der Waals surface area contributed by atoms with Gasteiger partial charge in [0.05, 0.1) is 17.0 Å². The molecule has 0 heterocycles. The second kappa shape index (κ2) is 6.41. The lowest BCUT2D eigenvalue weighted by atomic mass is 9.84. The molecule has 1 aromatic rings. The first-order chi connectivity index (χ1) is 9.35. The first kappa shape index (κ1) is 16.4. The highest BCUT2D eigenvalue weighted by Crippen LogP contribution is 2.28. The van der Waals surface area contributed by atoms with Crippen molar-refractivity contribution in [2.24, 2.45) is 5.73 Å². The van der Waals surface area contributed by atoms with Gasteiger partial charge in [-0.15, -0.1) is 0 Å². The van der Waals surface area contributed by atoms with Crippen molar-refractivity contribution in [2.45, 2.75) is 36.4 Å². The number of hydrogen-bond donors (Lipinski definition) is 2. The Hall–Kier alpha value is 0.01000. The number of sulfonamides is 1. The van der Waals surface area contributed by atoms with Gasteiger partial charge in [-0.3, -0.25) is 0 Å². The summed E-state index contributed by atoms with van der Waals surface area (Å²) in [4.78, 5) is 0.182. The van der Waals surface area contributed by atoms with E-state index in [9.17, 15) is 8.42 Å². The van der Waals surface area contributed by atoms with Crippen LogP contribution in [0.1, 0.15) is 13.3 Å². The van der Waals surface area contributed by atoms with Crippen molar-refractivity contribution in [3.63, 3.8) is 0 Å². The first-order valence-corrected chi connectivity index (χ1v) is 9.26. The van der Waals surface area contributed by atoms with Gasteiger partial charge >= 0.3 is 0 Å². The maximum absolute atomic E-state index is 12.4. The van der Waals surface area contributed by atoms with Crippen LogP contribution in [0.25, 0.3) is 0 Å². The van der Waals surface area contributed by atoms with E-state index in [2.05, 4.69) is 36.6 Å². The molecule has 112 valence electrons. The molecule has 0 bridgehead atoms. The molecule has 8 heteroatoms. The Kier molecular flexibility index (Phi) is 5.25. The lowest BCUT2D eigenvalue weighted by Crippen LogP contribution is -2.64. The van der Waals surface area contributed by atoms with Gasteiger partial charge in [0.1, 0.15) is 0 Å². The third-order valence-corrected chi connectivity index (χ3v) is 6.17. The highest BCUT2D eigenvalue weighted by molar-refractivity contribution is 9.11. The minimum Gasteiger partial charge on any atom is -0.377 e. The number of nitrogens with two attached hydrogens (primary N) is 1. The molecule has 20 heavy (non-hydrogen) atoms. The SMILES string of the molecule is CCOC1CC(N)C1NS(=O)(=O)c1cc(Br)ccc1Br. The zero-order valence-corrected chi connectivity index (χ0v) is 14.8. The minimum absolute atomic E-state index is 0.157. The molecule has 1 saturated carbocycles. The fourth-order valence-electron chi connectivity index (χ4n) is 2.12. The number of nitrogens with one attached hydrogen (secondary N) is 1. The number of benzene rings is 1. The Balaban J connectivity index is 2.21. The van der Waals surface area contributed by atoms with Gasteiger partial charge in [0, 0.05) is 21.6 Å². The predicted octanol–water partition coefficient (Wildman–Crippen LogP) is 1.99. The fourth-order valence-corrected chi connectivity index (χ4v) is 4.93. The lowest BCUT2D eigenvalue weighted by molar-refractivity contribution is -0.0248. The van der Waals surface area contributed by atoms with Crippen LogP contribution in [0, 0.1) is 0 Å². The molecule has 3 N–H and O–H groups in total. The van der Waals surface area contributed by atoms with Crippen LogP contribution < -0.4 is 10.5 Å². The summed E-state index contributed by atoms with van der Waals surface area (Å²) < 4.78 is 34.2. The van der Waals surface area contributed by atoms with Crippen molar-refractivity contribution in [3.8, 4) is 0 Å². The molecule has 3 unspecified atom stereocenters.